The van der Waals surface area contributed by atoms with E-state index in [0.29, 0.717) is 12.1 Å². The lowest BCUT2D eigenvalue weighted by Crippen LogP contribution is -2.28. The Morgan fingerprint density at radius 3 is 2.90 bits per heavy atom. The summed E-state index contributed by atoms with van der Waals surface area (Å²) in [5.74, 6) is -1.28. The number of amidine groups is 1. The van der Waals surface area contributed by atoms with Gasteiger partial charge in [-0.25, -0.2) is 4.39 Å². The third-order valence-corrected chi connectivity index (χ3v) is 3.14. The van der Waals surface area contributed by atoms with Crippen molar-refractivity contribution in [3.05, 3.63) is 29.6 Å². The predicted molar refractivity (Wildman–Crippen MR) is 71.1 cm³/mol. The maximum absolute atomic E-state index is 13.5. The number of rotatable bonds is 3. The van der Waals surface area contributed by atoms with Crippen LogP contribution in [0.2, 0.25) is 0 Å². The molecule has 0 aromatic heterocycles. The average molecular weight is 281 g/mol. The van der Waals surface area contributed by atoms with E-state index in [0.717, 1.165) is 12.5 Å². The summed E-state index contributed by atoms with van der Waals surface area (Å²) in [6.07, 6.45) is 1.05. The van der Waals surface area contributed by atoms with Crippen LogP contribution in [-0.4, -0.2) is 29.2 Å². The van der Waals surface area contributed by atoms with Gasteiger partial charge in [0, 0.05) is 5.69 Å². The zero-order valence-electron chi connectivity index (χ0n) is 11.0. The summed E-state index contributed by atoms with van der Waals surface area (Å²) in [4.78, 5) is 12.0. The molecule has 0 bridgehead atoms. The molecule has 108 valence electrons. The molecule has 0 spiro atoms. The van der Waals surface area contributed by atoms with E-state index in [1.807, 2.05) is 6.92 Å². The minimum Gasteiger partial charge on any atom is -0.409 e. The minimum atomic E-state index is -0.635. The van der Waals surface area contributed by atoms with Crippen molar-refractivity contribution in [3.8, 4) is 0 Å². The number of nitrogens with zero attached hydrogens (tertiary/aromatic N) is 1. The van der Waals surface area contributed by atoms with Crippen LogP contribution in [0.1, 0.15) is 25.3 Å². The fourth-order valence-electron chi connectivity index (χ4n) is 2.07. The van der Waals surface area contributed by atoms with Gasteiger partial charge in [0.05, 0.1) is 11.7 Å². The Labute approximate surface area is 115 Å². The van der Waals surface area contributed by atoms with Crippen molar-refractivity contribution in [2.75, 3.05) is 5.32 Å². The zero-order chi connectivity index (χ0) is 14.7. The van der Waals surface area contributed by atoms with Crippen LogP contribution >= 0.6 is 0 Å². The Balaban J connectivity index is 2.12. The highest BCUT2D eigenvalue weighted by Crippen LogP contribution is 2.21. The first-order valence-corrected chi connectivity index (χ1v) is 6.25. The van der Waals surface area contributed by atoms with Crippen LogP contribution in [0, 0.1) is 5.82 Å². The Kier molecular flexibility index (Phi) is 4.19. The Morgan fingerprint density at radius 2 is 2.30 bits per heavy atom. The summed E-state index contributed by atoms with van der Waals surface area (Å²) in [7, 11) is 0. The third kappa shape index (κ3) is 3.05. The summed E-state index contributed by atoms with van der Waals surface area (Å²) in [5, 5.41) is 13.9. The van der Waals surface area contributed by atoms with E-state index in [2.05, 4.69) is 10.5 Å². The van der Waals surface area contributed by atoms with Gasteiger partial charge in [0.25, 0.3) is 5.91 Å². The normalized spacial score (nSPS) is 22.8. The number of nitrogens with one attached hydrogen (secondary N) is 1. The Bertz CT molecular complexity index is 548. The molecule has 1 heterocycles. The molecule has 4 N–H and O–H groups in total. The molecule has 6 nitrogen and oxygen atoms in total. The van der Waals surface area contributed by atoms with Gasteiger partial charge in [-0.15, -0.1) is 0 Å². The van der Waals surface area contributed by atoms with Crippen LogP contribution in [0.4, 0.5) is 10.1 Å². The second-order valence-electron chi connectivity index (χ2n) is 4.68. The number of amides is 1. The monoisotopic (exact) mass is 281 g/mol. The van der Waals surface area contributed by atoms with Crippen molar-refractivity contribution >= 4 is 17.4 Å². The largest absolute Gasteiger partial charge is 0.409 e. The first-order chi connectivity index (χ1) is 9.51. The minimum absolute atomic E-state index is 0.0618. The lowest BCUT2D eigenvalue weighted by molar-refractivity contribution is -0.126. The second kappa shape index (κ2) is 5.87. The van der Waals surface area contributed by atoms with Crippen molar-refractivity contribution in [2.24, 2.45) is 10.9 Å². The lowest BCUT2D eigenvalue weighted by Gasteiger charge is -2.12. The number of oxime groups is 1. The molecule has 0 aliphatic carbocycles. The van der Waals surface area contributed by atoms with Crippen LogP contribution in [-0.2, 0) is 9.53 Å². The smallest absolute Gasteiger partial charge is 0.253 e. The number of carbonyl (C=O) groups is 1. The van der Waals surface area contributed by atoms with Gasteiger partial charge in [-0.1, -0.05) is 5.16 Å². The van der Waals surface area contributed by atoms with Crippen LogP contribution in [0.15, 0.2) is 23.4 Å². The number of benzene rings is 1. The maximum atomic E-state index is 13.5. The van der Waals surface area contributed by atoms with E-state index >= 15 is 0 Å². The van der Waals surface area contributed by atoms with Gasteiger partial charge in [-0.05, 0) is 38.0 Å². The van der Waals surface area contributed by atoms with Crippen molar-refractivity contribution in [1.29, 1.82) is 0 Å². The molecule has 0 saturated carbocycles. The van der Waals surface area contributed by atoms with E-state index < -0.39 is 11.9 Å². The molecule has 0 radical (unpaired) electrons. The number of halogens is 1. The second-order valence-corrected chi connectivity index (χ2v) is 4.68. The molecule has 1 aliphatic rings. The van der Waals surface area contributed by atoms with Crippen molar-refractivity contribution < 1.29 is 19.1 Å². The summed E-state index contributed by atoms with van der Waals surface area (Å²) < 4.78 is 18.9. The Morgan fingerprint density at radius 1 is 1.55 bits per heavy atom. The highest BCUT2D eigenvalue weighted by atomic mass is 19.1. The maximum Gasteiger partial charge on any atom is 0.253 e. The van der Waals surface area contributed by atoms with E-state index in [1.165, 1.54) is 12.1 Å². The summed E-state index contributed by atoms with van der Waals surface area (Å²) in [6, 6.07) is 3.85. The summed E-state index contributed by atoms with van der Waals surface area (Å²) >= 11 is 0. The molecule has 1 saturated heterocycles. The fraction of sp³-hybridized carbons (Fsp3) is 0.385. The molecule has 2 rings (SSSR count). The molecule has 1 aliphatic heterocycles. The summed E-state index contributed by atoms with van der Waals surface area (Å²) in [6.45, 7) is 1.90. The molecule has 2 atom stereocenters. The van der Waals surface area contributed by atoms with Crippen LogP contribution in [0.5, 0.6) is 0 Å². The van der Waals surface area contributed by atoms with E-state index in [4.69, 9.17) is 15.7 Å². The molecule has 1 aromatic rings. The number of ether oxygens (including phenoxy) is 1. The molecule has 20 heavy (non-hydrogen) atoms. The molecular formula is C13H16FN3O3. The van der Waals surface area contributed by atoms with Gasteiger partial charge in [0.1, 0.15) is 11.9 Å². The van der Waals surface area contributed by atoms with Gasteiger partial charge in [-0.3, -0.25) is 4.79 Å². The number of hydrogen-bond acceptors (Lipinski definition) is 4. The number of anilines is 1. The molecule has 2 unspecified atom stereocenters. The highest BCUT2D eigenvalue weighted by molar-refractivity contribution is 6.00. The zero-order valence-corrected chi connectivity index (χ0v) is 11.0. The number of carbonyl (C=O) groups excluding carboxylic acids is 1. The van der Waals surface area contributed by atoms with Gasteiger partial charge in [0.15, 0.2) is 5.84 Å². The first kappa shape index (κ1) is 14.3. The van der Waals surface area contributed by atoms with Gasteiger partial charge in [0.2, 0.25) is 0 Å². The molecule has 1 aromatic carbocycles. The number of nitrogens with two attached hydrogens (primary N) is 1. The van der Waals surface area contributed by atoms with Crippen LogP contribution < -0.4 is 11.1 Å². The highest BCUT2D eigenvalue weighted by Gasteiger charge is 2.28. The van der Waals surface area contributed by atoms with Crippen LogP contribution in [0.3, 0.4) is 0 Å². The quantitative estimate of drug-likeness (QED) is 0.338. The SMILES string of the molecule is CC1CCC(C(=O)Nc2ccc(F)c(/C(N)=N/O)c2)O1. The van der Waals surface area contributed by atoms with Gasteiger partial charge in [-0.2, -0.15) is 0 Å². The molecule has 7 heteroatoms. The molecule has 1 amide bonds. The predicted octanol–water partition coefficient (Wildman–Crippen LogP) is 1.43. The molecule has 1 fully saturated rings. The van der Waals surface area contributed by atoms with E-state index in [1.54, 1.807) is 0 Å². The van der Waals surface area contributed by atoms with Crippen molar-refractivity contribution in [2.45, 2.75) is 32.0 Å². The van der Waals surface area contributed by atoms with E-state index in [9.17, 15) is 9.18 Å². The number of hydrogen-bond donors (Lipinski definition) is 3. The van der Waals surface area contributed by atoms with Gasteiger partial charge >= 0.3 is 0 Å². The van der Waals surface area contributed by atoms with Crippen molar-refractivity contribution in [1.82, 2.24) is 0 Å². The topological polar surface area (TPSA) is 96.9 Å². The molecular weight excluding hydrogens is 265 g/mol. The van der Waals surface area contributed by atoms with Crippen molar-refractivity contribution in [3.63, 3.8) is 0 Å². The first-order valence-electron chi connectivity index (χ1n) is 6.25. The standard InChI is InChI=1S/C13H16FN3O3/c1-7-2-5-11(20-7)13(18)16-8-3-4-10(14)9(6-8)12(15)17-19/h3-4,6-7,11,19H,2,5H2,1H3,(H2,15,17)(H,16,18). The van der Waals surface area contributed by atoms with E-state index in [-0.39, 0.29) is 23.4 Å². The fourth-order valence-corrected chi connectivity index (χ4v) is 2.07. The third-order valence-electron chi connectivity index (χ3n) is 3.14. The summed E-state index contributed by atoms with van der Waals surface area (Å²) in [5.41, 5.74) is 5.64. The Hall–Kier alpha value is -2.15. The average Bonchev–Trinajstić information content (AvgIpc) is 2.87. The lowest BCUT2D eigenvalue weighted by atomic mass is 10.1. The van der Waals surface area contributed by atoms with Gasteiger partial charge < -0.3 is 21.0 Å². The van der Waals surface area contributed by atoms with Crippen LogP contribution in [0.25, 0.3) is 0 Å².